The second kappa shape index (κ2) is 9.46. The Morgan fingerprint density at radius 2 is 1.75 bits per heavy atom. The number of nitrogens with one attached hydrogen (secondary N) is 1. The van der Waals surface area contributed by atoms with Crippen LogP contribution in [0.15, 0.2) is 82.0 Å². The van der Waals surface area contributed by atoms with Crippen molar-refractivity contribution in [2.75, 3.05) is 19.0 Å². The molecule has 0 fully saturated rings. The van der Waals surface area contributed by atoms with Crippen molar-refractivity contribution >= 4 is 28.5 Å². The quantitative estimate of drug-likeness (QED) is 0.384. The molecule has 182 valence electrons. The zero-order valence-electron chi connectivity index (χ0n) is 19.2. The van der Waals surface area contributed by atoms with Gasteiger partial charge in [0.2, 0.25) is 0 Å². The number of carbonyl (C=O) groups is 2. The van der Waals surface area contributed by atoms with Crippen molar-refractivity contribution < 1.29 is 28.2 Å². The molecule has 3 aromatic carbocycles. The fraction of sp³-hybridized carbons (Fsp3) is 0.148. The predicted octanol–water partition coefficient (Wildman–Crippen LogP) is 3.20. The average molecular weight is 486 g/mol. The van der Waals surface area contributed by atoms with E-state index in [1.54, 1.807) is 66.7 Å². The molecule has 1 aliphatic rings. The number of nitrogens with two attached hydrogens (primary N) is 1. The molecule has 1 aromatic heterocycles. The molecule has 2 heterocycles. The van der Waals surface area contributed by atoms with Crippen molar-refractivity contribution in [2.24, 2.45) is 5.73 Å². The van der Waals surface area contributed by atoms with Gasteiger partial charge in [-0.05, 0) is 42.0 Å². The Bertz CT molecular complexity index is 1510. The highest BCUT2D eigenvalue weighted by Gasteiger charge is 2.44. The minimum Gasteiger partial charge on any atom is -0.493 e. The number of hydrogen-bond donors (Lipinski definition) is 2. The molecule has 4 aromatic rings. The second-order valence-corrected chi connectivity index (χ2v) is 8.17. The number of methoxy groups -OCH3 is 1. The second-order valence-electron chi connectivity index (χ2n) is 8.17. The summed E-state index contributed by atoms with van der Waals surface area (Å²) < 4.78 is 22.6. The number of amides is 2. The van der Waals surface area contributed by atoms with Gasteiger partial charge in [-0.1, -0.05) is 36.4 Å². The summed E-state index contributed by atoms with van der Waals surface area (Å²) in [5, 5.41) is 3.44. The Kier molecular flexibility index (Phi) is 6.03. The highest BCUT2D eigenvalue weighted by atomic mass is 16.5. The van der Waals surface area contributed by atoms with Crippen LogP contribution in [0.1, 0.15) is 17.0 Å². The molecule has 0 bridgehead atoms. The van der Waals surface area contributed by atoms with Crippen LogP contribution in [0.25, 0.3) is 11.0 Å². The van der Waals surface area contributed by atoms with Crippen LogP contribution in [0.5, 0.6) is 17.2 Å². The minimum atomic E-state index is -1.07. The first-order valence-corrected chi connectivity index (χ1v) is 11.1. The molecule has 0 spiro atoms. The van der Waals surface area contributed by atoms with Crippen molar-refractivity contribution in [1.82, 2.24) is 0 Å². The van der Waals surface area contributed by atoms with E-state index in [0.29, 0.717) is 33.7 Å². The number of anilines is 1. The SMILES string of the molecule is COc1cc(C2c3c(c4ccccc4oc3=O)OC2C(=O)Nc2ccccc2)ccc1OCC(N)=O. The van der Waals surface area contributed by atoms with Crippen molar-refractivity contribution in [3.63, 3.8) is 0 Å². The largest absolute Gasteiger partial charge is 0.493 e. The zero-order chi connectivity index (χ0) is 25.2. The van der Waals surface area contributed by atoms with Gasteiger partial charge in [0.1, 0.15) is 11.3 Å². The summed E-state index contributed by atoms with van der Waals surface area (Å²) in [6, 6.07) is 20.8. The molecule has 2 unspecified atom stereocenters. The molecule has 5 rings (SSSR count). The summed E-state index contributed by atoms with van der Waals surface area (Å²) >= 11 is 0. The maximum Gasteiger partial charge on any atom is 0.344 e. The van der Waals surface area contributed by atoms with E-state index >= 15 is 0 Å². The van der Waals surface area contributed by atoms with Crippen LogP contribution in [0.3, 0.4) is 0 Å². The maximum atomic E-state index is 13.4. The van der Waals surface area contributed by atoms with Crippen LogP contribution >= 0.6 is 0 Å². The summed E-state index contributed by atoms with van der Waals surface area (Å²) in [4.78, 5) is 37.7. The molecule has 36 heavy (non-hydrogen) atoms. The summed E-state index contributed by atoms with van der Waals surface area (Å²) in [6.45, 7) is -0.331. The van der Waals surface area contributed by atoms with Crippen LogP contribution in [-0.2, 0) is 9.59 Å². The van der Waals surface area contributed by atoms with Crippen molar-refractivity contribution in [1.29, 1.82) is 0 Å². The highest BCUT2D eigenvalue weighted by molar-refractivity contribution is 5.97. The first-order valence-electron chi connectivity index (χ1n) is 11.1. The Morgan fingerprint density at radius 3 is 2.50 bits per heavy atom. The third-order valence-corrected chi connectivity index (χ3v) is 5.87. The number of fused-ring (bicyclic) bond motifs is 3. The van der Waals surface area contributed by atoms with Gasteiger partial charge in [0, 0.05) is 5.69 Å². The molecular formula is C27H22N2O7. The van der Waals surface area contributed by atoms with Gasteiger partial charge >= 0.3 is 5.63 Å². The summed E-state index contributed by atoms with van der Waals surface area (Å²) in [7, 11) is 1.44. The van der Waals surface area contributed by atoms with E-state index in [1.165, 1.54) is 7.11 Å². The molecule has 2 atom stereocenters. The van der Waals surface area contributed by atoms with E-state index in [4.69, 9.17) is 24.4 Å². The Morgan fingerprint density at radius 1 is 1.00 bits per heavy atom. The van der Waals surface area contributed by atoms with Gasteiger partial charge in [0.05, 0.1) is 24.0 Å². The fourth-order valence-corrected chi connectivity index (χ4v) is 4.30. The zero-order valence-corrected chi connectivity index (χ0v) is 19.2. The molecule has 2 amide bonds. The van der Waals surface area contributed by atoms with Gasteiger partial charge in [-0.3, -0.25) is 9.59 Å². The lowest BCUT2D eigenvalue weighted by atomic mass is 9.88. The standard InChI is InChI=1S/C27H22N2O7/c1-33-20-13-15(11-12-19(20)34-14-21(28)30)22-23-24(17-9-5-6-10-18(17)35-27(23)32)36-25(22)26(31)29-16-7-3-2-4-8-16/h2-13,22,25H,14H2,1H3,(H2,28,30)(H,29,31). The Labute approximate surface area is 205 Å². The lowest BCUT2D eigenvalue weighted by Gasteiger charge is -2.20. The molecule has 0 radical (unpaired) electrons. The first kappa shape index (κ1) is 23.0. The number of primary amides is 1. The topological polar surface area (TPSA) is 130 Å². The average Bonchev–Trinajstić information content (AvgIpc) is 3.30. The Hall–Kier alpha value is -4.79. The van der Waals surface area contributed by atoms with Crippen LogP contribution in [0.4, 0.5) is 5.69 Å². The van der Waals surface area contributed by atoms with Crippen LogP contribution in [0.2, 0.25) is 0 Å². The molecule has 0 saturated heterocycles. The van der Waals surface area contributed by atoms with Gasteiger partial charge in [0.15, 0.2) is 24.2 Å². The van der Waals surface area contributed by atoms with E-state index < -0.39 is 29.5 Å². The van der Waals surface area contributed by atoms with E-state index in [9.17, 15) is 14.4 Å². The van der Waals surface area contributed by atoms with Crippen molar-refractivity contribution in [3.8, 4) is 17.2 Å². The number of hydrogen-bond acceptors (Lipinski definition) is 7. The summed E-state index contributed by atoms with van der Waals surface area (Å²) in [5.74, 6) is -0.985. The molecule has 3 N–H and O–H groups in total. The maximum absolute atomic E-state index is 13.4. The van der Waals surface area contributed by atoms with E-state index in [-0.39, 0.29) is 17.9 Å². The monoisotopic (exact) mass is 486 g/mol. The molecular weight excluding hydrogens is 464 g/mol. The van der Waals surface area contributed by atoms with Gasteiger partial charge < -0.3 is 29.7 Å². The normalized spacial score (nSPS) is 16.1. The number of rotatable bonds is 7. The summed E-state index contributed by atoms with van der Waals surface area (Å²) in [6.07, 6.45) is -1.07. The Balaban J connectivity index is 1.62. The molecule has 0 saturated carbocycles. The number of carbonyl (C=O) groups excluding carboxylic acids is 2. The van der Waals surface area contributed by atoms with Crippen LogP contribution in [0, 0.1) is 0 Å². The fourth-order valence-electron chi connectivity index (χ4n) is 4.30. The lowest BCUT2D eigenvalue weighted by molar-refractivity contribution is -0.122. The third kappa shape index (κ3) is 4.22. The lowest BCUT2D eigenvalue weighted by Crippen LogP contribution is -2.35. The van der Waals surface area contributed by atoms with Gasteiger partial charge in [-0.15, -0.1) is 0 Å². The number of para-hydroxylation sites is 2. The van der Waals surface area contributed by atoms with E-state index in [0.717, 1.165) is 0 Å². The van der Waals surface area contributed by atoms with Crippen LogP contribution in [-0.4, -0.2) is 31.6 Å². The molecule has 0 aliphatic carbocycles. The van der Waals surface area contributed by atoms with Crippen LogP contribution < -0.4 is 30.9 Å². The molecule has 9 nitrogen and oxygen atoms in total. The molecule has 9 heteroatoms. The van der Waals surface area contributed by atoms with Gasteiger partial charge in [-0.2, -0.15) is 0 Å². The first-order chi connectivity index (χ1) is 17.5. The number of benzene rings is 3. The third-order valence-electron chi connectivity index (χ3n) is 5.87. The predicted molar refractivity (Wildman–Crippen MR) is 131 cm³/mol. The number of ether oxygens (including phenoxy) is 3. The summed E-state index contributed by atoms with van der Waals surface area (Å²) in [5.41, 5.74) is 6.32. The van der Waals surface area contributed by atoms with E-state index in [1.807, 2.05) is 6.07 Å². The highest BCUT2D eigenvalue weighted by Crippen LogP contribution is 2.46. The van der Waals surface area contributed by atoms with Crippen molar-refractivity contribution in [2.45, 2.75) is 12.0 Å². The molecule has 1 aliphatic heterocycles. The van der Waals surface area contributed by atoms with E-state index in [2.05, 4.69) is 5.32 Å². The van der Waals surface area contributed by atoms with Gasteiger partial charge in [-0.25, -0.2) is 4.79 Å². The smallest absolute Gasteiger partial charge is 0.344 e. The van der Waals surface area contributed by atoms with Crippen molar-refractivity contribution in [3.05, 3.63) is 94.3 Å². The van der Waals surface area contributed by atoms with Gasteiger partial charge in [0.25, 0.3) is 11.8 Å². The minimum absolute atomic E-state index is 0.231.